The molecule has 0 bridgehead atoms. The van der Waals surface area contributed by atoms with E-state index in [2.05, 4.69) is 13.8 Å². The van der Waals surface area contributed by atoms with Crippen LogP contribution in [0, 0.1) is 12.8 Å². The highest BCUT2D eigenvalue weighted by molar-refractivity contribution is 6.46. The van der Waals surface area contributed by atoms with Crippen LogP contribution >= 0.6 is 0 Å². The van der Waals surface area contributed by atoms with Crippen molar-refractivity contribution in [3.63, 3.8) is 0 Å². The summed E-state index contributed by atoms with van der Waals surface area (Å²) in [5.74, 6) is -0.298. The van der Waals surface area contributed by atoms with Crippen molar-refractivity contribution in [2.24, 2.45) is 5.92 Å². The van der Waals surface area contributed by atoms with Gasteiger partial charge in [0.05, 0.1) is 31.0 Å². The molecule has 34 heavy (non-hydrogen) atoms. The molecule has 1 aliphatic heterocycles. The first kappa shape index (κ1) is 23.2. The van der Waals surface area contributed by atoms with Crippen LogP contribution < -0.4 is 4.74 Å². The highest BCUT2D eigenvalue weighted by Crippen LogP contribution is 2.41. The molecule has 4 rings (SSSR count). The Morgan fingerprint density at radius 1 is 1.12 bits per heavy atom. The lowest BCUT2D eigenvalue weighted by Crippen LogP contribution is -2.29. The highest BCUT2D eigenvalue weighted by atomic mass is 16.5. The number of carbonyl (C=O) groups excluding carboxylic acids is 2. The number of likely N-dealkylation sites (tertiary alicyclic amines) is 1. The van der Waals surface area contributed by atoms with Crippen molar-refractivity contribution in [2.75, 3.05) is 6.61 Å². The Hall–Kier alpha value is -4.00. The molecule has 0 saturated carbocycles. The molecule has 2 heterocycles. The molecule has 1 unspecified atom stereocenters. The first-order chi connectivity index (χ1) is 16.3. The van der Waals surface area contributed by atoms with Gasteiger partial charge in [-0.05, 0) is 66.4 Å². The lowest BCUT2D eigenvalue weighted by molar-refractivity contribution is -0.140. The fourth-order valence-electron chi connectivity index (χ4n) is 4.03. The van der Waals surface area contributed by atoms with Crippen molar-refractivity contribution >= 4 is 17.4 Å². The summed E-state index contributed by atoms with van der Waals surface area (Å²) in [4.78, 5) is 27.5. The van der Waals surface area contributed by atoms with Gasteiger partial charge in [-0.1, -0.05) is 26.0 Å². The zero-order valence-electron chi connectivity index (χ0n) is 19.3. The molecule has 1 saturated heterocycles. The van der Waals surface area contributed by atoms with Crippen LogP contribution in [0.5, 0.6) is 11.5 Å². The Morgan fingerprint density at radius 3 is 2.56 bits per heavy atom. The van der Waals surface area contributed by atoms with Gasteiger partial charge in [0.2, 0.25) is 0 Å². The number of ketones is 1. The number of hydrogen-bond donors (Lipinski definition) is 2. The number of carbonyl (C=O) groups is 2. The second kappa shape index (κ2) is 9.47. The molecule has 1 fully saturated rings. The quantitative estimate of drug-likeness (QED) is 0.293. The Labute approximate surface area is 197 Å². The van der Waals surface area contributed by atoms with Gasteiger partial charge in [-0.15, -0.1) is 0 Å². The van der Waals surface area contributed by atoms with Crippen LogP contribution in [-0.4, -0.2) is 33.4 Å². The third kappa shape index (κ3) is 4.55. The van der Waals surface area contributed by atoms with Crippen molar-refractivity contribution < 1.29 is 29.0 Å². The van der Waals surface area contributed by atoms with Crippen molar-refractivity contribution in [2.45, 2.75) is 33.4 Å². The van der Waals surface area contributed by atoms with Gasteiger partial charge in [-0.25, -0.2) is 0 Å². The fraction of sp³-hybridized carbons (Fsp3) is 0.259. The number of furan rings is 1. The van der Waals surface area contributed by atoms with E-state index in [0.717, 1.165) is 5.56 Å². The van der Waals surface area contributed by atoms with Crippen LogP contribution in [0.4, 0.5) is 0 Å². The third-order valence-electron chi connectivity index (χ3n) is 5.65. The smallest absolute Gasteiger partial charge is 0.296 e. The molecule has 7 nitrogen and oxygen atoms in total. The van der Waals surface area contributed by atoms with Gasteiger partial charge in [0.1, 0.15) is 23.0 Å². The number of aryl methyl sites for hydroxylation is 1. The number of rotatable bonds is 7. The summed E-state index contributed by atoms with van der Waals surface area (Å²) in [6, 6.07) is 14.0. The lowest BCUT2D eigenvalue weighted by atomic mass is 9.94. The average Bonchev–Trinajstić information content (AvgIpc) is 3.40. The topological polar surface area (TPSA) is 100 Å². The van der Waals surface area contributed by atoms with Crippen LogP contribution in [0.15, 0.2) is 70.9 Å². The van der Waals surface area contributed by atoms with Gasteiger partial charge < -0.3 is 24.3 Å². The molecule has 0 radical (unpaired) electrons. The van der Waals surface area contributed by atoms with Gasteiger partial charge in [0.25, 0.3) is 11.7 Å². The molecule has 2 N–H and O–H groups in total. The predicted molar refractivity (Wildman–Crippen MR) is 126 cm³/mol. The van der Waals surface area contributed by atoms with Gasteiger partial charge in [0, 0.05) is 5.56 Å². The number of nitrogens with zero attached hydrogens (tertiary/aromatic N) is 1. The Balaban J connectivity index is 1.79. The summed E-state index contributed by atoms with van der Waals surface area (Å²) in [5, 5.41) is 21.3. The molecule has 0 spiro atoms. The number of aromatic hydroxyl groups is 1. The maximum atomic E-state index is 13.1. The molecular weight excluding hydrogens is 434 g/mol. The van der Waals surface area contributed by atoms with E-state index in [1.807, 2.05) is 6.92 Å². The maximum absolute atomic E-state index is 13.1. The largest absolute Gasteiger partial charge is 0.508 e. The van der Waals surface area contributed by atoms with Crippen molar-refractivity contribution in [1.82, 2.24) is 4.90 Å². The van der Waals surface area contributed by atoms with E-state index in [1.165, 1.54) is 23.3 Å². The molecule has 0 aliphatic carbocycles. The second-order valence-electron chi connectivity index (χ2n) is 8.79. The molecule has 7 heteroatoms. The molecule has 1 aliphatic rings. The fourth-order valence-corrected chi connectivity index (χ4v) is 4.03. The van der Waals surface area contributed by atoms with E-state index in [-0.39, 0.29) is 23.6 Å². The molecule has 2 aromatic carbocycles. The van der Waals surface area contributed by atoms with E-state index < -0.39 is 17.7 Å². The predicted octanol–water partition coefficient (Wildman–Crippen LogP) is 4.95. The van der Waals surface area contributed by atoms with Crippen LogP contribution in [0.25, 0.3) is 5.76 Å². The monoisotopic (exact) mass is 461 g/mol. The summed E-state index contributed by atoms with van der Waals surface area (Å²) >= 11 is 0. The first-order valence-corrected chi connectivity index (χ1v) is 11.1. The molecule has 1 atom stereocenters. The summed E-state index contributed by atoms with van der Waals surface area (Å²) in [7, 11) is 0. The Bertz CT molecular complexity index is 1240. The van der Waals surface area contributed by atoms with Crippen LogP contribution in [0.1, 0.15) is 42.3 Å². The normalized spacial score (nSPS) is 17.5. The van der Waals surface area contributed by atoms with E-state index in [0.29, 0.717) is 35.2 Å². The SMILES string of the molecule is Cc1cc(/C(O)=C2/C(=O)C(=O)N(Cc3ccco3)C2c2cccc(O)c2)ccc1OCC(C)C. The van der Waals surface area contributed by atoms with Crippen molar-refractivity contribution in [1.29, 1.82) is 0 Å². The molecular formula is C27H27NO6. The minimum atomic E-state index is -0.894. The maximum Gasteiger partial charge on any atom is 0.296 e. The van der Waals surface area contributed by atoms with E-state index in [4.69, 9.17) is 9.15 Å². The zero-order chi connectivity index (χ0) is 24.4. The standard InChI is InChI=1S/C27H27NO6/c1-16(2)15-34-22-10-9-19(12-17(22)3)25(30)23-24(18-6-4-7-20(29)13-18)28(27(32)26(23)31)14-21-8-5-11-33-21/h4-13,16,24,29-30H,14-15H2,1-3H3/b25-23-. The number of aliphatic hydroxyl groups excluding tert-OH is 1. The van der Waals surface area contributed by atoms with Crippen molar-refractivity contribution in [3.8, 4) is 11.5 Å². The van der Waals surface area contributed by atoms with E-state index in [1.54, 1.807) is 42.5 Å². The summed E-state index contributed by atoms with van der Waals surface area (Å²) < 4.78 is 11.2. The minimum Gasteiger partial charge on any atom is -0.508 e. The lowest BCUT2D eigenvalue weighted by Gasteiger charge is -2.24. The molecule has 1 amide bonds. The molecule has 176 valence electrons. The number of hydrogen-bond acceptors (Lipinski definition) is 6. The van der Waals surface area contributed by atoms with Crippen molar-refractivity contribution in [3.05, 3.63) is 88.9 Å². The second-order valence-corrected chi connectivity index (χ2v) is 8.79. The van der Waals surface area contributed by atoms with E-state index in [9.17, 15) is 19.8 Å². The summed E-state index contributed by atoms with van der Waals surface area (Å²) in [6.45, 7) is 6.56. The number of benzene rings is 2. The number of phenols is 1. The van der Waals surface area contributed by atoms with Crippen LogP contribution in [0.2, 0.25) is 0 Å². The first-order valence-electron chi connectivity index (χ1n) is 11.1. The average molecular weight is 462 g/mol. The zero-order valence-corrected chi connectivity index (χ0v) is 19.3. The van der Waals surface area contributed by atoms with Gasteiger partial charge in [0.15, 0.2) is 0 Å². The summed E-state index contributed by atoms with van der Waals surface area (Å²) in [6.07, 6.45) is 1.49. The molecule has 3 aromatic rings. The van der Waals surface area contributed by atoms with Gasteiger partial charge in [-0.2, -0.15) is 0 Å². The number of Topliss-reactive ketones (excluding diaryl/α,β-unsaturated/α-hetero) is 1. The third-order valence-corrected chi connectivity index (χ3v) is 5.65. The number of amides is 1. The Kier molecular flexibility index (Phi) is 6.45. The van der Waals surface area contributed by atoms with Gasteiger partial charge in [-0.3, -0.25) is 9.59 Å². The minimum absolute atomic E-state index is 0.0106. The van der Waals surface area contributed by atoms with Gasteiger partial charge >= 0.3 is 0 Å². The summed E-state index contributed by atoms with van der Waals surface area (Å²) in [5.41, 5.74) is 1.65. The number of phenolic OH excluding ortho intramolecular Hbond substituents is 1. The Morgan fingerprint density at radius 2 is 1.91 bits per heavy atom. The van der Waals surface area contributed by atoms with Crippen LogP contribution in [-0.2, 0) is 16.1 Å². The highest BCUT2D eigenvalue weighted by Gasteiger charge is 2.46. The molecule has 1 aromatic heterocycles. The van der Waals surface area contributed by atoms with E-state index >= 15 is 0 Å². The number of aliphatic hydroxyl groups is 1. The van der Waals surface area contributed by atoms with Crippen LogP contribution in [0.3, 0.4) is 0 Å². The number of ether oxygens (including phenoxy) is 1.